The number of carbonyl (C=O) groups excluding carboxylic acids is 1. The second-order valence-corrected chi connectivity index (χ2v) is 11.6. The van der Waals surface area contributed by atoms with E-state index < -0.39 is 22.4 Å². The largest absolute Gasteiger partial charge is 0.395 e. The maximum Gasteiger partial charge on any atom is 0.258 e. The number of hydrogen-bond donors (Lipinski definition) is 3. The second-order valence-electron chi connectivity index (χ2n) is 9.31. The van der Waals surface area contributed by atoms with Crippen molar-refractivity contribution in [3.63, 3.8) is 0 Å². The van der Waals surface area contributed by atoms with Gasteiger partial charge in [0.05, 0.1) is 39.7 Å². The summed E-state index contributed by atoms with van der Waals surface area (Å²) in [6.45, 7) is 1.10. The first-order valence-electron chi connectivity index (χ1n) is 11.5. The van der Waals surface area contributed by atoms with Crippen LogP contribution >= 0.6 is 11.6 Å². The molecule has 3 heterocycles. The van der Waals surface area contributed by atoms with Crippen molar-refractivity contribution < 1.29 is 18.3 Å². The SMILES string of the molecule is Cn1nc(NC(=O)c2ccc(NS(=O)(=O)CCO)cc2N2CCC3(CC2)CC3)c2cc(Cl)cnc21. The average molecular weight is 519 g/mol. The van der Waals surface area contributed by atoms with Gasteiger partial charge in [-0.15, -0.1) is 0 Å². The van der Waals surface area contributed by atoms with E-state index in [9.17, 15) is 13.2 Å². The van der Waals surface area contributed by atoms with E-state index in [2.05, 4.69) is 25.0 Å². The summed E-state index contributed by atoms with van der Waals surface area (Å²) in [5, 5.41) is 17.4. The zero-order valence-electron chi connectivity index (χ0n) is 19.3. The number of nitrogens with one attached hydrogen (secondary N) is 2. The Morgan fingerprint density at radius 2 is 1.94 bits per heavy atom. The van der Waals surface area contributed by atoms with Gasteiger partial charge >= 0.3 is 0 Å². The van der Waals surface area contributed by atoms with Crippen molar-refractivity contribution in [1.29, 1.82) is 0 Å². The predicted molar refractivity (Wildman–Crippen MR) is 136 cm³/mol. The third kappa shape index (κ3) is 4.93. The second kappa shape index (κ2) is 8.96. The Balaban J connectivity index is 1.47. The van der Waals surface area contributed by atoms with Gasteiger partial charge in [0, 0.05) is 26.3 Å². The first-order chi connectivity index (χ1) is 16.7. The van der Waals surface area contributed by atoms with Gasteiger partial charge in [0.25, 0.3) is 5.91 Å². The minimum Gasteiger partial charge on any atom is -0.395 e. The van der Waals surface area contributed by atoms with Crippen LogP contribution < -0.4 is 14.9 Å². The monoisotopic (exact) mass is 518 g/mol. The highest BCUT2D eigenvalue weighted by molar-refractivity contribution is 7.92. The lowest BCUT2D eigenvalue weighted by molar-refractivity contribution is 0.102. The maximum atomic E-state index is 13.4. The molecule has 2 aliphatic rings. The molecule has 3 aromatic rings. The molecular formula is C23H27ClN6O4S. The molecule has 1 spiro atoms. The number of amides is 1. The molecule has 2 aromatic heterocycles. The highest BCUT2D eigenvalue weighted by Gasteiger charge is 2.44. The molecule has 3 N–H and O–H groups in total. The van der Waals surface area contributed by atoms with E-state index in [4.69, 9.17) is 16.7 Å². The molecule has 1 amide bonds. The number of halogens is 1. The smallest absolute Gasteiger partial charge is 0.258 e. The van der Waals surface area contributed by atoms with Gasteiger partial charge < -0.3 is 15.3 Å². The fourth-order valence-corrected chi connectivity index (χ4v) is 5.67. The lowest BCUT2D eigenvalue weighted by Gasteiger charge is -2.35. The minimum atomic E-state index is -3.70. The lowest BCUT2D eigenvalue weighted by Crippen LogP contribution is -2.35. The summed E-state index contributed by atoms with van der Waals surface area (Å²) in [7, 11) is -1.96. The van der Waals surface area contributed by atoms with Crippen molar-refractivity contribution in [2.75, 3.05) is 40.4 Å². The molecule has 35 heavy (non-hydrogen) atoms. The van der Waals surface area contributed by atoms with E-state index in [0.717, 1.165) is 25.9 Å². The van der Waals surface area contributed by atoms with E-state index >= 15 is 0 Å². The quantitative estimate of drug-likeness (QED) is 0.438. The Morgan fingerprint density at radius 1 is 1.20 bits per heavy atom. The van der Waals surface area contributed by atoms with Gasteiger partial charge in [-0.05, 0) is 55.4 Å². The summed E-state index contributed by atoms with van der Waals surface area (Å²) >= 11 is 6.11. The van der Waals surface area contributed by atoms with E-state index in [1.807, 2.05) is 0 Å². The molecule has 1 saturated heterocycles. The van der Waals surface area contributed by atoms with Crippen LogP contribution in [0.25, 0.3) is 11.0 Å². The van der Waals surface area contributed by atoms with Crippen LogP contribution in [0.4, 0.5) is 17.2 Å². The zero-order valence-corrected chi connectivity index (χ0v) is 20.9. The summed E-state index contributed by atoms with van der Waals surface area (Å²) in [6, 6.07) is 6.55. The number of pyridine rings is 1. The van der Waals surface area contributed by atoms with Crippen LogP contribution in [0.5, 0.6) is 0 Å². The number of carbonyl (C=O) groups is 1. The van der Waals surface area contributed by atoms with E-state index in [1.54, 1.807) is 36.0 Å². The van der Waals surface area contributed by atoms with E-state index in [-0.39, 0.29) is 5.91 Å². The molecular weight excluding hydrogens is 492 g/mol. The number of anilines is 3. The van der Waals surface area contributed by atoms with Gasteiger partial charge in [-0.3, -0.25) is 9.52 Å². The van der Waals surface area contributed by atoms with Crippen LogP contribution in [0.1, 0.15) is 36.0 Å². The zero-order chi connectivity index (χ0) is 24.8. The summed E-state index contributed by atoms with van der Waals surface area (Å²) in [4.78, 5) is 19.9. The Kier molecular flexibility index (Phi) is 6.10. The van der Waals surface area contributed by atoms with Crippen LogP contribution in [0.3, 0.4) is 0 Å². The Bertz CT molecular complexity index is 1390. The van der Waals surface area contributed by atoms with E-state index in [0.29, 0.717) is 44.2 Å². The summed E-state index contributed by atoms with van der Waals surface area (Å²) < 4.78 is 28.5. The Morgan fingerprint density at radius 3 is 2.63 bits per heavy atom. The maximum absolute atomic E-state index is 13.4. The van der Waals surface area contributed by atoms with Crippen molar-refractivity contribution in [1.82, 2.24) is 14.8 Å². The topological polar surface area (TPSA) is 129 Å². The number of hydrogen-bond acceptors (Lipinski definition) is 7. The molecule has 0 atom stereocenters. The van der Waals surface area contributed by atoms with Crippen LogP contribution in [-0.4, -0.2) is 59.6 Å². The fraction of sp³-hybridized carbons (Fsp3) is 0.435. The Labute approximate surface area is 208 Å². The molecule has 0 unspecified atom stereocenters. The molecule has 1 aliphatic heterocycles. The molecule has 10 nitrogen and oxygen atoms in total. The normalized spacial score (nSPS) is 17.1. The highest BCUT2D eigenvalue weighted by Crippen LogP contribution is 2.54. The molecule has 0 radical (unpaired) electrons. The molecule has 1 aromatic carbocycles. The highest BCUT2D eigenvalue weighted by atomic mass is 35.5. The van der Waals surface area contributed by atoms with Crippen LogP contribution in [0, 0.1) is 5.41 Å². The molecule has 0 bridgehead atoms. The predicted octanol–water partition coefficient (Wildman–Crippen LogP) is 2.99. The number of fused-ring (bicyclic) bond motifs is 1. The van der Waals surface area contributed by atoms with Gasteiger partial charge in [-0.2, -0.15) is 5.10 Å². The summed E-state index contributed by atoms with van der Waals surface area (Å²) in [5.41, 5.74) is 2.44. The molecule has 1 saturated carbocycles. The summed E-state index contributed by atoms with van der Waals surface area (Å²) in [6.07, 6.45) is 6.11. The summed E-state index contributed by atoms with van der Waals surface area (Å²) in [5.74, 6) is -0.423. The Hall–Kier alpha value is -2.89. The third-order valence-corrected chi connectivity index (χ3v) is 8.35. The molecule has 5 rings (SSSR count). The molecule has 12 heteroatoms. The van der Waals surface area contributed by atoms with Crippen molar-refractivity contribution >= 4 is 55.8 Å². The fourth-order valence-electron chi connectivity index (χ4n) is 4.68. The first-order valence-corrected chi connectivity index (χ1v) is 13.5. The lowest BCUT2D eigenvalue weighted by atomic mass is 9.93. The third-order valence-electron chi connectivity index (χ3n) is 6.87. The molecule has 2 fully saturated rings. The van der Waals surface area contributed by atoms with Crippen LogP contribution in [0.15, 0.2) is 30.5 Å². The number of aliphatic hydroxyl groups is 1. The van der Waals surface area contributed by atoms with Gasteiger partial charge in [0.15, 0.2) is 11.5 Å². The number of sulfonamides is 1. The van der Waals surface area contributed by atoms with Crippen LogP contribution in [-0.2, 0) is 17.1 Å². The van der Waals surface area contributed by atoms with Crippen molar-refractivity contribution in [2.24, 2.45) is 12.5 Å². The van der Waals surface area contributed by atoms with Gasteiger partial charge in [-0.1, -0.05) is 11.6 Å². The van der Waals surface area contributed by atoms with Gasteiger partial charge in [-0.25, -0.2) is 18.1 Å². The number of nitrogens with zero attached hydrogens (tertiary/aromatic N) is 4. The molecule has 1 aliphatic carbocycles. The average Bonchev–Trinajstić information content (AvgIpc) is 3.49. The van der Waals surface area contributed by atoms with Crippen LogP contribution in [0.2, 0.25) is 5.02 Å². The number of aliphatic hydroxyl groups excluding tert-OH is 1. The number of rotatable bonds is 7. The van der Waals surface area contributed by atoms with Gasteiger partial charge in [0.1, 0.15) is 0 Å². The number of aromatic nitrogens is 3. The van der Waals surface area contributed by atoms with Crippen molar-refractivity contribution in [3.8, 4) is 0 Å². The standard InChI is InChI=1S/C23H27ClN6O4S/c1-29-21-18(12-15(24)14-25-21)20(27-29)26-22(32)17-3-2-16(28-35(33,34)11-10-31)13-19(17)30-8-6-23(4-5-23)7-9-30/h2-3,12-14,28,31H,4-11H2,1H3,(H,26,27,32). The van der Waals surface area contributed by atoms with Crippen molar-refractivity contribution in [2.45, 2.75) is 25.7 Å². The van der Waals surface area contributed by atoms with E-state index in [1.165, 1.54) is 19.0 Å². The molecule has 186 valence electrons. The van der Waals surface area contributed by atoms with Gasteiger partial charge in [0.2, 0.25) is 10.0 Å². The number of aryl methyl sites for hydroxylation is 1. The van der Waals surface area contributed by atoms with Crippen molar-refractivity contribution in [3.05, 3.63) is 41.0 Å². The first kappa shape index (κ1) is 23.8. The number of piperidine rings is 1. The number of benzene rings is 1. The minimum absolute atomic E-state index is 0.343.